The minimum atomic E-state index is -1.29. The van der Waals surface area contributed by atoms with E-state index in [0.717, 1.165) is 8.95 Å². The molecule has 0 bridgehead atoms. The van der Waals surface area contributed by atoms with Gasteiger partial charge in [0.05, 0.1) is 13.3 Å². The van der Waals surface area contributed by atoms with Gasteiger partial charge >= 0.3 is 0 Å². The summed E-state index contributed by atoms with van der Waals surface area (Å²) in [6, 6.07) is 12.3. The van der Waals surface area contributed by atoms with Crippen LogP contribution < -0.4 is 10.2 Å². The van der Waals surface area contributed by atoms with Gasteiger partial charge in [0.15, 0.2) is 6.10 Å². The van der Waals surface area contributed by atoms with Gasteiger partial charge in [-0.3, -0.25) is 4.79 Å². The second-order valence-electron chi connectivity index (χ2n) is 4.57. The maximum atomic E-state index is 11.9. The topological polar surface area (TPSA) is 70.9 Å². The highest BCUT2D eigenvalue weighted by Crippen LogP contribution is 2.21. The highest BCUT2D eigenvalue weighted by atomic mass is 79.9. The lowest BCUT2D eigenvalue weighted by atomic mass is 10.1. The van der Waals surface area contributed by atoms with E-state index in [1.165, 1.54) is 6.21 Å². The normalized spacial score (nSPS) is 12.2. The molecule has 0 aromatic heterocycles. The molecule has 7 heteroatoms. The average Bonchev–Trinajstić information content (AvgIpc) is 2.55. The predicted octanol–water partition coefficient (Wildman–Crippen LogP) is 3.40. The quantitative estimate of drug-likeness (QED) is 0.551. The number of benzene rings is 2. The number of halogens is 2. The summed E-state index contributed by atoms with van der Waals surface area (Å²) >= 11 is 6.65. The molecule has 0 aliphatic carbocycles. The van der Waals surface area contributed by atoms with E-state index >= 15 is 0 Å². The first-order chi connectivity index (χ1) is 11.0. The Labute approximate surface area is 150 Å². The van der Waals surface area contributed by atoms with E-state index in [1.807, 2.05) is 6.07 Å². The molecule has 0 saturated heterocycles. The second-order valence-corrected chi connectivity index (χ2v) is 6.41. The predicted molar refractivity (Wildman–Crippen MR) is 95.5 cm³/mol. The number of methoxy groups -OCH3 is 1. The molecule has 2 rings (SSSR count). The Balaban J connectivity index is 2.03. The number of carbonyl (C=O) groups is 1. The molecule has 0 aliphatic rings. The smallest absolute Gasteiger partial charge is 0.273 e. The highest BCUT2D eigenvalue weighted by molar-refractivity contribution is 9.10. The number of nitrogens with zero attached hydrogens (tertiary/aromatic N) is 1. The number of hydrazone groups is 1. The Morgan fingerprint density at radius 2 is 1.87 bits per heavy atom. The molecule has 1 atom stereocenters. The van der Waals surface area contributed by atoms with E-state index in [0.29, 0.717) is 16.9 Å². The van der Waals surface area contributed by atoms with Crippen LogP contribution in [0.5, 0.6) is 5.75 Å². The van der Waals surface area contributed by atoms with Crippen LogP contribution in [0.4, 0.5) is 0 Å². The lowest BCUT2D eigenvalue weighted by Crippen LogP contribution is -2.25. The molecular formula is C16H14Br2N2O3. The van der Waals surface area contributed by atoms with E-state index < -0.39 is 12.0 Å². The number of nitrogens with one attached hydrogen (secondary N) is 1. The standard InChI is InChI=1S/C16H14Br2N2O3/c1-23-14-7-6-13(18)8-11(14)9-19-20-16(22)15(21)10-2-4-12(17)5-3-10/h2-9,15,21H,1H3,(H,20,22)/b19-9-/t15-/m1/s1. The summed E-state index contributed by atoms with van der Waals surface area (Å²) in [6.07, 6.45) is 0.167. The summed E-state index contributed by atoms with van der Waals surface area (Å²) in [5.74, 6) is 0.0113. The number of aliphatic hydroxyl groups is 1. The molecule has 0 unspecified atom stereocenters. The molecule has 2 N–H and O–H groups in total. The lowest BCUT2D eigenvalue weighted by molar-refractivity contribution is -0.129. The minimum absolute atomic E-state index is 0.487. The first-order valence-electron chi connectivity index (χ1n) is 6.61. The van der Waals surface area contributed by atoms with Gasteiger partial charge in [-0.2, -0.15) is 5.10 Å². The molecule has 2 aromatic rings. The number of amides is 1. The zero-order valence-corrected chi connectivity index (χ0v) is 15.3. The van der Waals surface area contributed by atoms with Crippen molar-refractivity contribution in [3.05, 3.63) is 62.5 Å². The average molecular weight is 442 g/mol. The van der Waals surface area contributed by atoms with Crippen molar-refractivity contribution in [1.29, 1.82) is 0 Å². The van der Waals surface area contributed by atoms with Crippen molar-refractivity contribution >= 4 is 44.0 Å². The van der Waals surface area contributed by atoms with Gasteiger partial charge in [0.25, 0.3) is 5.91 Å². The van der Waals surface area contributed by atoms with Gasteiger partial charge in [-0.15, -0.1) is 0 Å². The Morgan fingerprint density at radius 3 is 2.52 bits per heavy atom. The third-order valence-corrected chi connectivity index (χ3v) is 4.03. The molecule has 0 spiro atoms. The zero-order chi connectivity index (χ0) is 16.8. The molecule has 0 fully saturated rings. The maximum Gasteiger partial charge on any atom is 0.273 e. The van der Waals surface area contributed by atoms with Crippen LogP contribution in [-0.2, 0) is 4.79 Å². The highest BCUT2D eigenvalue weighted by Gasteiger charge is 2.16. The summed E-state index contributed by atoms with van der Waals surface area (Å²) in [4.78, 5) is 11.9. The van der Waals surface area contributed by atoms with Crippen molar-refractivity contribution in [3.8, 4) is 5.75 Å². The van der Waals surface area contributed by atoms with Crippen LogP contribution in [-0.4, -0.2) is 24.3 Å². The van der Waals surface area contributed by atoms with Crippen LogP contribution in [0.3, 0.4) is 0 Å². The van der Waals surface area contributed by atoms with Crippen LogP contribution in [0.1, 0.15) is 17.2 Å². The Hall–Kier alpha value is -1.70. The first-order valence-corrected chi connectivity index (χ1v) is 8.20. The summed E-state index contributed by atoms with van der Waals surface area (Å²) in [6.45, 7) is 0. The third kappa shape index (κ3) is 4.89. The molecule has 0 radical (unpaired) electrons. The van der Waals surface area contributed by atoms with E-state index in [-0.39, 0.29) is 0 Å². The number of aliphatic hydroxyl groups excluding tert-OH is 1. The van der Waals surface area contributed by atoms with Crippen LogP contribution in [0.15, 0.2) is 56.5 Å². The summed E-state index contributed by atoms with van der Waals surface area (Å²) in [5.41, 5.74) is 3.49. The second kappa shape index (κ2) is 8.24. The van der Waals surface area contributed by atoms with Crippen molar-refractivity contribution in [2.24, 2.45) is 5.10 Å². The summed E-state index contributed by atoms with van der Waals surface area (Å²) in [5, 5.41) is 13.8. The molecule has 0 heterocycles. The van der Waals surface area contributed by atoms with E-state index in [4.69, 9.17) is 4.74 Å². The van der Waals surface area contributed by atoms with Crippen LogP contribution >= 0.6 is 31.9 Å². The monoisotopic (exact) mass is 440 g/mol. The Morgan fingerprint density at radius 1 is 1.22 bits per heavy atom. The SMILES string of the molecule is COc1ccc(Br)cc1/C=N\NC(=O)[C@H](O)c1ccc(Br)cc1. The Kier molecular flexibility index (Phi) is 6.32. The van der Waals surface area contributed by atoms with Gasteiger partial charge in [0.2, 0.25) is 0 Å². The first kappa shape index (κ1) is 17.7. The number of rotatable bonds is 5. The van der Waals surface area contributed by atoms with Gasteiger partial charge in [-0.05, 0) is 35.9 Å². The van der Waals surface area contributed by atoms with Gasteiger partial charge in [0.1, 0.15) is 5.75 Å². The fourth-order valence-corrected chi connectivity index (χ4v) is 2.47. The van der Waals surface area contributed by atoms with Crippen LogP contribution in [0.2, 0.25) is 0 Å². The number of hydrogen-bond acceptors (Lipinski definition) is 4. The summed E-state index contributed by atoms with van der Waals surface area (Å²) in [7, 11) is 1.55. The number of carbonyl (C=O) groups excluding carboxylic acids is 1. The van der Waals surface area contributed by atoms with Gasteiger partial charge < -0.3 is 9.84 Å². The van der Waals surface area contributed by atoms with Crippen molar-refractivity contribution in [1.82, 2.24) is 5.43 Å². The van der Waals surface area contributed by atoms with Crippen molar-refractivity contribution < 1.29 is 14.6 Å². The van der Waals surface area contributed by atoms with Crippen molar-refractivity contribution in [2.75, 3.05) is 7.11 Å². The molecule has 2 aromatic carbocycles. The van der Waals surface area contributed by atoms with E-state index in [2.05, 4.69) is 42.4 Å². The maximum absolute atomic E-state index is 11.9. The van der Waals surface area contributed by atoms with Crippen LogP contribution in [0, 0.1) is 0 Å². The molecular weight excluding hydrogens is 428 g/mol. The molecule has 5 nitrogen and oxygen atoms in total. The molecule has 23 heavy (non-hydrogen) atoms. The third-order valence-electron chi connectivity index (χ3n) is 3.00. The largest absolute Gasteiger partial charge is 0.496 e. The van der Waals surface area contributed by atoms with Gasteiger partial charge in [0, 0.05) is 14.5 Å². The van der Waals surface area contributed by atoms with E-state index in [1.54, 1.807) is 43.5 Å². The fourth-order valence-electron chi connectivity index (χ4n) is 1.83. The molecule has 1 amide bonds. The lowest BCUT2D eigenvalue weighted by Gasteiger charge is -2.09. The van der Waals surface area contributed by atoms with E-state index in [9.17, 15) is 9.90 Å². The Bertz CT molecular complexity index is 718. The summed E-state index contributed by atoms with van der Waals surface area (Å²) < 4.78 is 6.94. The molecule has 120 valence electrons. The van der Waals surface area contributed by atoms with Crippen LogP contribution in [0.25, 0.3) is 0 Å². The number of ether oxygens (including phenoxy) is 1. The van der Waals surface area contributed by atoms with Gasteiger partial charge in [-0.25, -0.2) is 5.43 Å². The minimum Gasteiger partial charge on any atom is -0.496 e. The van der Waals surface area contributed by atoms with Crippen molar-refractivity contribution in [2.45, 2.75) is 6.10 Å². The zero-order valence-electron chi connectivity index (χ0n) is 12.2. The molecule has 0 saturated carbocycles. The number of hydrogen-bond donors (Lipinski definition) is 2. The van der Waals surface area contributed by atoms with Gasteiger partial charge in [-0.1, -0.05) is 44.0 Å². The fraction of sp³-hybridized carbons (Fsp3) is 0.125. The van der Waals surface area contributed by atoms with Crippen molar-refractivity contribution in [3.63, 3.8) is 0 Å². The molecule has 0 aliphatic heterocycles.